The molecule has 0 radical (unpaired) electrons. The third-order valence-corrected chi connectivity index (χ3v) is 4.32. The van der Waals surface area contributed by atoms with E-state index in [1.807, 2.05) is 29.0 Å². The van der Waals surface area contributed by atoms with Gasteiger partial charge in [-0.15, -0.1) is 0 Å². The molecule has 28 heavy (non-hydrogen) atoms. The molecular formula is C17H25N8O2S+. The molecular weight excluding hydrogens is 380 g/mol. The van der Waals surface area contributed by atoms with Crippen molar-refractivity contribution < 1.29 is 14.5 Å². The van der Waals surface area contributed by atoms with Crippen molar-refractivity contribution in [1.29, 1.82) is 0 Å². The van der Waals surface area contributed by atoms with Crippen molar-refractivity contribution in [1.82, 2.24) is 14.9 Å². The summed E-state index contributed by atoms with van der Waals surface area (Å²) in [5, 5.41) is 6.27. The fourth-order valence-electron chi connectivity index (χ4n) is 2.69. The Morgan fingerprint density at radius 2 is 2.21 bits per heavy atom. The van der Waals surface area contributed by atoms with E-state index in [1.54, 1.807) is 0 Å². The van der Waals surface area contributed by atoms with Crippen LogP contribution in [0.15, 0.2) is 24.4 Å². The Morgan fingerprint density at radius 3 is 3.00 bits per heavy atom. The molecule has 0 amide bonds. The van der Waals surface area contributed by atoms with Crippen molar-refractivity contribution in [3.8, 4) is 17.2 Å². The average molecular weight is 406 g/mol. The predicted octanol–water partition coefficient (Wildman–Crippen LogP) is -0.909. The lowest BCUT2D eigenvalue weighted by atomic mass is 10.2. The van der Waals surface area contributed by atoms with Crippen LogP contribution in [0, 0.1) is 4.77 Å². The number of aryl methyl sites for hydroxylation is 1. The van der Waals surface area contributed by atoms with Crippen LogP contribution < -0.4 is 42.3 Å². The number of aromatic nitrogens is 2. The van der Waals surface area contributed by atoms with Gasteiger partial charge in [0.1, 0.15) is 18.0 Å². The summed E-state index contributed by atoms with van der Waals surface area (Å²) in [6.07, 6.45) is 2.63. The molecule has 0 atom stereocenters. The molecule has 10 nitrogen and oxygen atoms in total. The molecule has 0 fully saturated rings. The summed E-state index contributed by atoms with van der Waals surface area (Å²) in [5.74, 6) is 2.69. The highest BCUT2D eigenvalue weighted by Crippen LogP contribution is 2.45. The van der Waals surface area contributed by atoms with Gasteiger partial charge in [-0.2, -0.15) is 4.98 Å². The number of fused-ring (bicyclic) bond motifs is 2. The van der Waals surface area contributed by atoms with Crippen LogP contribution in [0.1, 0.15) is 6.42 Å². The summed E-state index contributed by atoms with van der Waals surface area (Å²) in [5.41, 5.74) is 16.9. The lowest BCUT2D eigenvalue weighted by Crippen LogP contribution is -2.78. The number of hydrogen-bond acceptors (Lipinski definition) is 7. The Bertz CT molecular complexity index is 911. The summed E-state index contributed by atoms with van der Waals surface area (Å²) < 4.78 is 14.1. The van der Waals surface area contributed by atoms with Gasteiger partial charge in [-0.1, -0.05) is 6.07 Å². The van der Waals surface area contributed by atoms with E-state index in [9.17, 15) is 0 Å². The van der Waals surface area contributed by atoms with Gasteiger partial charge in [-0.05, 0) is 30.8 Å². The minimum absolute atomic E-state index is 0.202. The lowest BCUT2D eigenvalue weighted by molar-refractivity contribution is -0.459. The molecule has 150 valence electrons. The standard InChI is InChI=1S/C17H24N8O2S/c18-10-21-6-8-26-11-3-1-4-12-14(11)23-15-13(27-12)9-25(17(28)24-15)7-2-5-22-16(19)20/h1,3-4,9,21H,2,5-8,10,18H2,(H4,19,20,22)(H,23,24,28)/p+1. The smallest absolute Gasteiger partial charge is 0.338 e. The van der Waals surface area contributed by atoms with Crippen LogP contribution >= 0.6 is 12.2 Å². The molecule has 9 N–H and O–H groups in total. The van der Waals surface area contributed by atoms with Crippen LogP contribution in [0.3, 0.4) is 0 Å². The van der Waals surface area contributed by atoms with Crippen molar-refractivity contribution in [2.75, 3.05) is 31.7 Å². The number of ether oxygens (including phenoxy) is 2. The van der Waals surface area contributed by atoms with E-state index in [0.717, 1.165) is 12.1 Å². The number of rotatable bonds is 9. The van der Waals surface area contributed by atoms with Crippen molar-refractivity contribution >= 4 is 29.7 Å². The first-order valence-corrected chi connectivity index (χ1v) is 9.34. The highest BCUT2D eigenvalue weighted by molar-refractivity contribution is 7.71. The molecule has 1 aliphatic rings. The minimum atomic E-state index is 0.202. The molecule has 2 heterocycles. The molecule has 0 aliphatic carbocycles. The summed E-state index contributed by atoms with van der Waals surface area (Å²) in [7, 11) is 0. The van der Waals surface area contributed by atoms with Crippen LogP contribution in [-0.2, 0) is 6.54 Å². The van der Waals surface area contributed by atoms with Crippen LogP contribution in [0.2, 0.25) is 0 Å². The third kappa shape index (κ3) is 4.88. The molecule has 1 aliphatic heterocycles. The maximum atomic E-state index is 6.02. The minimum Gasteiger partial charge on any atom is -0.490 e. The largest absolute Gasteiger partial charge is 0.490 e. The van der Waals surface area contributed by atoms with Gasteiger partial charge in [0.25, 0.3) is 0 Å². The summed E-state index contributed by atoms with van der Waals surface area (Å²) in [4.78, 5) is 7.34. The zero-order valence-electron chi connectivity index (χ0n) is 15.4. The Morgan fingerprint density at radius 1 is 1.36 bits per heavy atom. The first-order chi connectivity index (χ1) is 13.6. The fraction of sp³-hybridized carbons (Fsp3) is 0.353. The third-order valence-electron chi connectivity index (χ3n) is 4.00. The van der Waals surface area contributed by atoms with Crippen LogP contribution in [0.25, 0.3) is 0 Å². The SMILES string of the molecule is NCNCCOc1cccc2c1Nc1nc(=S)n(CCC[NH+]=C(N)N)cc1O2. The quantitative estimate of drug-likeness (QED) is 0.0873. The number of benzene rings is 1. The Labute approximate surface area is 167 Å². The summed E-state index contributed by atoms with van der Waals surface area (Å²) in [6, 6.07) is 5.61. The molecule has 11 heteroatoms. The van der Waals surface area contributed by atoms with Gasteiger partial charge < -0.3 is 30.4 Å². The van der Waals surface area contributed by atoms with E-state index in [1.165, 1.54) is 0 Å². The van der Waals surface area contributed by atoms with Gasteiger partial charge >= 0.3 is 5.96 Å². The number of nitrogens with two attached hydrogens (primary N) is 3. The molecule has 0 unspecified atom stereocenters. The second-order valence-electron chi connectivity index (χ2n) is 6.07. The topological polar surface area (TPSA) is 152 Å². The monoisotopic (exact) mass is 405 g/mol. The molecule has 1 aromatic heterocycles. The Balaban J connectivity index is 1.73. The Hall–Kier alpha value is -2.89. The lowest BCUT2D eigenvalue weighted by Gasteiger charge is -2.23. The van der Waals surface area contributed by atoms with Crippen molar-refractivity contribution in [3.63, 3.8) is 0 Å². The fourth-order valence-corrected chi connectivity index (χ4v) is 2.93. The highest BCUT2D eigenvalue weighted by atomic mass is 32.1. The van der Waals surface area contributed by atoms with Gasteiger partial charge in [-0.25, -0.2) is 0 Å². The van der Waals surface area contributed by atoms with Crippen molar-refractivity contribution in [3.05, 3.63) is 29.2 Å². The first-order valence-electron chi connectivity index (χ1n) is 8.93. The van der Waals surface area contributed by atoms with Crippen LogP contribution in [-0.4, -0.2) is 41.9 Å². The summed E-state index contributed by atoms with van der Waals surface area (Å²) in [6.45, 7) is 2.84. The average Bonchev–Trinajstić information content (AvgIpc) is 2.67. The number of hydrogen-bond donors (Lipinski definition) is 6. The number of guanidine groups is 1. The Kier molecular flexibility index (Phi) is 6.63. The van der Waals surface area contributed by atoms with E-state index in [0.29, 0.717) is 60.7 Å². The molecule has 3 rings (SSSR count). The molecule has 0 spiro atoms. The number of para-hydroxylation sites is 1. The number of anilines is 2. The first kappa shape index (κ1) is 19.9. The van der Waals surface area contributed by atoms with Gasteiger partial charge in [0, 0.05) is 19.8 Å². The number of nitrogens with one attached hydrogen (secondary N) is 3. The van der Waals surface area contributed by atoms with Crippen LogP contribution in [0.5, 0.6) is 17.2 Å². The van der Waals surface area contributed by atoms with Gasteiger partial charge in [0.15, 0.2) is 17.3 Å². The second kappa shape index (κ2) is 9.35. The highest BCUT2D eigenvalue weighted by Gasteiger charge is 2.22. The normalized spacial score (nSPS) is 11.6. The van der Waals surface area contributed by atoms with Crippen molar-refractivity contribution in [2.24, 2.45) is 17.2 Å². The van der Waals surface area contributed by atoms with Gasteiger partial charge in [0.2, 0.25) is 4.77 Å². The van der Waals surface area contributed by atoms with Gasteiger partial charge in [0.05, 0.1) is 12.7 Å². The molecule has 1 aromatic carbocycles. The predicted molar refractivity (Wildman–Crippen MR) is 109 cm³/mol. The van der Waals surface area contributed by atoms with Crippen molar-refractivity contribution in [2.45, 2.75) is 13.0 Å². The van der Waals surface area contributed by atoms with E-state index >= 15 is 0 Å². The number of nitrogens with zero attached hydrogens (tertiary/aromatic N) is 2. The maximum absolute atomic E-state index is 6.02. The zero-order valence-corrected chi connectivity index (χ0v) is 16.2. The second-order valence-corrected chi connectivity index (χ2v) is 6.44. The molecule has 2 aromatic rings. The molecule has 0 saturated heterocycles. The van der Waals surface area contributed by atoms with E-state index in [4.69, 9.17) is 38.9 Å². The van der Waals surface area contributed by atoms with Gasteiger partial charge in [-0.3, -0.25) is 16.5 Å². The van der Waals surface area contributed by atoms with E-state index in [-0.39, 0.29) is 5.96 Å². The maximum Gasteiger partial charge on any atom is 0.338 e. The zero-order chi connectivity index (χ0) is 19.9. The molecule has 0 bridgehead atoms. The van der Waals surface area contributed by atoms with E-state index in [2.05, 4.69) is 20.6 Å². The van der Waals surface area contributed by atoms with E-state index < -0.39 is 0 Å². The molecule has 0 saturated carbocycles. The summed E-state index contributed by atoms with van der Waals surface area (Å²) >= 11 is 5.40. The van der Waals surface area contributed by atoms with Crippen LogP contribution in [0.4, 0.5) is 11.5 Å².